The van der Waals surface area contributed by atoms with Crippen molar-refractivity contribution in [3.63, 3.8) is 0 Å². The van der Waals surface area contributed by atoms with Crippen molar-refractivity contribution in [3.05, 3.63) is 0 Å². The lowest BCUT2D eigenvalue weighted by atomic mass is 9.77. The molecule has 24 heavy (non-hydrogen) atoms. The van der Waals surface area contributed by atoms with E-state index in [-0.39, 0.29) is 17.7 Å². The topological polar surface area (TPSA) is 77.9 Å². The quantitative estimate of drug-likeness (QED) is 0.853. The van der Waals surface area contributed by atoms with Crippen LogP contribution in [0.15, 0.2) is 0 Å². The number of piperidine rings is 1. The van der Waals surface area contributed by atoms with E-state index >= 15 is 0 Å². The second-order valence-corrected chi connectivity index (χ2v) is 8.64. The summed E-state index contributed by atoms with van der Waals surface area (Å²) in [5.74, 6) is -1.12. The van der Waals surface area contributed by atoms with E-state index in [4.69, 9.17) is 0 Å². The fourth-order valence-corrected chi connectivity index (χ4v) is 4.04. The molecule has 0 aromatic rings. The van der Waals surface area contributed by atoms with Crippen LogP contribution < -0.4 is 0 Å². The zero-order valence-electron chi connectivity index (χ0n) is 15.5. The Balaban J connectivity index is 2.21. The number of carbonyl (C=O) groups excluding carboxylic acids is 2. The largest absolute Gasteiger partial charge is 0.480 e. The van der Waals surface area contributed by atoms with Crippen LogP contribution in [0.4, 0.5) is 0 Å². The maximum absolute atomic E-state index is 13.1. The molecule has 2 aliphatic rings. The van der Waals surface area contributed by atoms with E-state index in [1.807, 2.05) is 34.6 Å². The fraction of sp³-hybridized carbons (Fsp3) is 0.833. The molecule has 0 aromatic carbocycles. The molecule has 1 N–H and O–H groups in total. The molecular weight excluding hydrogens is 308 g/mol. The van der Waals surface area contributed by atoms with Gasteiger partial charge in [0.15, 0.2) is 0 Å². The Morgan fingerprint density at radius 1 is 1.17 bits per heavy atom. The third-order valence-corrected chi connectivity index (χ3v) is 5.27. The van der Waals surface area contributed by atoms with E-state index in [0.29, 0.717) is 26.1 Å². The lowest BCUT2D eigenvalue weighted by Gasteiger charge is -2.43. The number of carboxylic acids is 1. The van der Waals surface area contributed by atoms with Crippen LogP contribution in [0.1, 0.15) is 53.9 Å². The molecular formula is C18H30N2O4. The lowest BCUT2D eigenvalue weighted by Crippen LogP contribution is -2.57. The molecule has 2 rings (SSSR count). The van der Waals surface area contributed by atoms with Gasteiger partial charge in [-0.25, -0.2) is 4.79 Å². The van der Waals surface area contributed by atoms with Gasteiger partial charge in [-0.3, -0.25) is 9.59 Å². The van der Waals surface area contributed by atoms with Gasteiger partial charge in [0.05, 0.1) is 5.41 Å². The highest BCUT2D eigenvalue weighted by Crippen LogP contribution is 2.42. The van der Waals surface area contributed by atoms with Gasteiger partial charge in [-0.15, -0.1) is 0 Å². The minimum absolute atomic E-state index is 0.0583. The average molecular weight is 338 g/mol. The van der Waals surface area contributed by atoms with Gasteiger partial charge in [0.25, 0.3) is 0 Å². The van der Waals surface area contributed by atoms with Crippen molar-refractivity contribution in [1.82, 2.24) is 9.80 Å². The first-order chi connectivity index (χ1) is 11.0. The molecule has 2 saturated heterocycles. The summed E-state index contributed by atoms with van der Waals surface area (Å²) in [6.07, 6.45) is 2.16. The highest BCUT2D eigenvalue weighted by molar-refractivity contribution is 5.90. The Hall–Kier alpha value is -1.59. The summed E-state index contributed by atoms with van der Waals surface area (Å²) in [5, 5.41) is 9.53. The van der Waals surface area contributed by atoms with Crippen molar-refractivity contribution in [3.8, 4) is 0 Å². The van der Waals surface area contributed by atoms with E-state index in [1.54, 1.807) is 9.80 Å². The third-order valence-electron chi connectivity index (χ3n) is 5.27. The summed E-state index contributed by atoms with van der Waals surface area (Å²) < 4.78 is 0. The summed E-state index contributed by atoms with van der Waals surface area (Å²) in [4.78, 5) is 40.6. The number of aliphatic carboxylic acids is 1. The van der Waals surface area contributed by atoms with Crippen LogP contribution in [0.2, 0.25) is 0 Å². The van der Waals surface area contributed by atoms with Crippen molar-refractivity contribution in [1.29, 1.82) is 0 Å². The summed E-state index contributed by atoms with van der Waals surface area (Å²) in [6, 6.07) is -0.790. The molecule has 2 atom stereocenters. The molecule has 2 amide bonds. The molecule has 0 aliphatic carbocycles. The second-order valence-electron chi connectivity index (χ2n) is 8.64. The SMILES string of the molecule is CC(C)[C@@H](C(=O)O)N1CCCC2(CCN(C(=O)C(C)(C)C)C2)C1=O. The first-order valence-electron chi connectivity index (χ1n) is 8.83. The molecule has 0 saturated carbocycles. The van der Waals surface area contributed by atoms with Gasteiger partial charge in [-0.2, -0.15) is 0 Å². The first-order valence-corrected chi connectivity index (χ1v) is 8.83. The summed E-state index contributed by atoms with van der Waals surface area (Å²) in [5.41, 5.74) is -1.06. The van der Waals surface area contributed by atoms with Crippen molar-refractivity contribution >= 4 is 17.8 Å². The number of amides is 2. The standard InChI is InChI=1S/C18H30N2O4/c1-12(2)13(14(21)22)20-9-6-7-18(16(20)24)8-10-19(11-18)15(23)17(3,4)5/h12-13H,6-11H2,1-5H3,(H,21,22)/t13-,18?/m0/s1. The zero-order valence-corrected chi connectivity index (χ0v) is 15.5. The Morgan fingerprint density at radius 3 is 2.29 bits per heavy atom. The van der Waals surface area contributed by atoms with Crippen LogP contribution in [0.25, 0.3) is 0 Å². The molecule has 6 nitrogen and oxygen atoms in total. The van der Waals surface area contributed by atoms with Crippen LogP contribution in [0, 0.1) is 16.7 Å². The minimum Gasteiger partial charge on any atom is -0.480 e. The lowest BCUT2D eigenvalue weighted by molar-refractivity contribution is -0.160. The van der Waals surface area contributed by atoms with E-state index in [9.17, 15) is 19.5 Å². The molecule has 0 bridgehead atoms. The predicted octanol–water partition coefficient (Wildman–Crippen LogP) is 1.98. The van der Waals surface area contributed by atoms with Gasteiger partial charge >= 0.3 is 5.97 Å². The van der Waals surface area contributed by atoms with Gasteiger partial charge < -0.3 is 14.9 Å². The number of hydrogen-bond donors (Lipinski definition) is 1. The van der Waals surface area contributed by atoms with Crippen LogP contribution in [0.3, 0.4) is 0 Å². The smallest absolute Gasteiger partial charge is 0.326 e. The van der Waals surface area contributed by atoms with Gasteiger partial charge in [0.1, 0.15) is 6.04 Å². The van der Waals surface area contributed by atoms with E-state index < -0.39 is 22.8 Å². The average Bonchev–Trinajstić information content (AvgIpc) is 2.86. The number of hydrogen-bond acceptors (Lipinski definition) is 3. The van der Waals surface area contributed by atoms with Crippen LogP contribution in [0.5, 0.6) is 0 Å². The molecule has 2 heterocycles. The Kier molecular flexibility index (Phi) is 4.98. The predicted molar refractivity (Wildman–Crippen MR) is 90.3 cm³/mol. The molecule has 0 aromatic heterocycles. The van der Waals surface area contributed by atoms with Gasteiger partial charge in [-0.1, -0.05) is 34.6 Å². The first kappa shape index (κ1) is 18.7. The molecule has 1 unspecified atom stereocenters. The van der Waals surface area contributed by atoms with Crippen molar-refractivity contribution < 1.29 is 19.5 Å². The van der Waals surface area contributed by atoms with Gasteiger partial charge in [0.2, 0.25) is 11.8 Å². The molecule has 2 fully saturated rings. The minimum atomic E-state index is -0.948. The summed E-state index contributed by atoms with van der Waals surface area (Å²) in [7, 11) is 0. The highest BCUT2D eigenvalue weighted by atomic mass is 16.4. The highest BCUT2D eigenvalue weighted by Gasteiger charge is 2.52. The maximum Gasteiger partial charge on any atom is 0.326 e. The van der Waals surface area contributed by atoms with Crippen molar-refractivity contribution in [2.45, 2.75) is 59.9 Å². The number of rotatable bonds is 3. The Bertz CT molecular complexity index is 538. The number of nitrogens with zero attached hydrogens (tertiary/aromatic N) is 2. The van der Waals surface area contributed by atoms with E-state index in [1.165, 1.54) is 0 Å². The number of carboxylic acid groups (broad SMARTS) is 1. The second kappa shape index (κ2) is 6.37. The molecule has 6 heteroatoms. The number of likely N-dealkylation sites (tertiary alicyclic amines) is 2. The van der Waals surface area contributed by atoms with Crippen LogP contribution >= 0.6 is 0 Å². The zero-order chi connectivity index (χ0) is 18.3. The van der Waals surface area contributed by atoms with Crippen LogP contribution in [-0.4, -0.2) is 58.4 Å². The maximum atomic E-state index is 13.1. The fourth-order valence-electron chi connectivity index (χ4n) is 4.04. The van der Waals surface area contributed by atoms with Crippen LogP contribution in [-0.2, 0) is 14.4 Å². The van der Waals surface area contributed by atoms with Gasteiger partial charge in [-0.05, 0) is 25.2 Å². The van der Waals surface area contributed by atoms with Crippen molar-refractivity contribution in [2.24, 2.45) is 16.7 Å². The Morgan fingerprint density at radius 2 is 1.79 bits per heavy atom. The summed E-state index contributed by atoms with van der Waals surface area (Å²) >= 11 is 0. The molecule has 1 spiro atoms. The van der Waals surface area contributed by atoms with E-state index in [0.717, 1.165) is 12.8 Å². The summed E-state index contributed by atoms with van der Waals surface area (Å²) in [6.45, 7) is 10.8. The van der Waals surface area contributed by atoms with Gasteiger partial charge in [0, 0.05) is 25.0 Å². The monoisotopic (exact) mass is 338 g/mol. The van der Waals surface area contributed by atoms with Crippen molar-refractivity contribution in [2.75, 3.05) is 19.6 Å². The third kappa shape index (κ3) is 3.28. The molecule has 136 valence electrons. The van der Waals surface area contributed by atoms with E-state index in [2.05, 4.69) is 0 Å². The molecule has 2 aliphatic heterocycles. The number of carbonyl (C=O) groups is 3. The Labute approximate surface area is 144 Å². The normalized spacial score (nSPS) is 26.3. The molecule has 0 radical (unpaired) electrons.